The van der Waals surface area contributed by atoms with Crippen molar-refractivity contribution in [3.05, 3.63) is 35.4 Å². The minimum absolute atomic E-state index is 0.228. The van der Waals surface area contributed by atoms with Crippen molar-refractivity contribution < 1.29 is 4.79 Å². The number of nitrogens with zero attached hydrogens (tertiary/aromatic N) is 2. The molecule has 22 heavy (non-hydrogen) atoms. The van der Waals surface area contributed by atoms with Gasteiger partial charge in [0.05, 0.1) is 0 Å². The van der Waals surface area contributed by atoms with Gasteiger partial charge in [0, 0.05) is 29.9 Å². The summed E-state index contributed by atoms with van der Waals surface area (Å²) >= 11 is 1.80. The minimum atomic E-state index is 0.228. The Labute approximate surface area is 138 Å². The van der Waals surface area contributed by atoms with Crippen LogP contribution < -0.4 is 0 Å². The van der Waals surface area contributed by atoms with Crippen molar-refractivity contribution in [2.75, 3.05) is 26.4 Å². The average molecular weight is 318 g/mol. The Morgan fingerprint density at radius 1 is 1.23 bits per heavy atom. The lowest BCUT2D eigenvalue weighted by atomic mass is 10.0. The first-order valence-electron chi connectivity index (χ1n) is 8.30. The number of benzene rings is 1. The van der Waals surface area contributed by atoms with Gasteiger partial charge in [-0.15, -0.1) is 0 Å². The fraction of sp³-hybridized carbons (Fsp3) is 0.611. The zero-order chi connectivity index (χ0) is 15.5. The largest absolute Gasteiger partial charge is 0.334 e. The lowest BCUT2D eigenvalue weighted by Gasteiger charge is -2.33. The van der Waals surface area contributed by atoms with E-state index in [2.05, 4.69) is 35.2 Å². The summed E-state index contributed by atoms with van der Waals surface area (Å²) in [5.74, 6) is 1.20. The van der Waals surface area contributed by atoms with Crippen molar-refractivity contribution in [2.24, 2.45) is 0 Å². The normalized spacial score (nSPS) is 25.8. The van der Waals surface area contributed by atoms with Crippen molar-refractivity contribution >= 4 is 17.7 Å². The molecular weight excluding hydrogens is 292 g/mol. The molecule has 0 aromatic heterocycles. The molecule has 2 heterocycles. The molecule has 2 atom stereocenters. The van der Waals surface area contributed by atoms with E-state index in [4.69, 9.17) is 0 Å². The molecule has 1 amide bonds. The van der Waals surface area contributed by atoms with Crippen molar-refractivity contribution in [3.63, 3.8) is 0 Å². The van der Waals surface area contributed by atoms with Crippen LogP contribution in [0.25, 0.3) is 0 Å². The summed E-state index contributed by atoms with van der Waals surface area (Å²) in [5, 5.41) is 0. The zero-order valence-electron chi connectivity index (χ0n) is 13.6. The second-order valence-electron chi connectivity index (χ2n) is 6.53. The number of carbonyl (C=O) groups excluding carboxylic acids is 1. The highest BCUT2D eigenvalue weighted by Gasteiger charge is 2.38. The monoisotopic (exact) mass is 318 g/mol. The molecule has 0 unspecified atom stereocenters. The van der Waals surface area contributed by atoms with Gasteiger partial charge in [0.25, 0.3) is 5.91 Å². The smallest absolute Gasteiger partial charge is 0.254 e. The maximum Gasteiger partial charge on any atom is 0.254 e. The van der Waals surface area contributed by atoms with Gasteiger partial charge in [0.2, 0.25) is 0 Å². The number of likely N-dealkylation sites (N-methyl/N-ethyl adjacent to an activating group) is 1. The van der Waals surface area contributed by atoms with Crippen molar-refractivity contribution in [1.29, 1.82) is 0 Å². The van der Waals surface area contributed by atoms with E-state index in [-0.39, 0.29) is 5.91 Å². The number of hydrogen-bond donors (Lipinski definition) is 0. The van der Waals surface area contributed by atoms with E-state index in [1.165, 1.54) is 24.9 Å². The Kier molecular flexibility index (Phi) is 5.09. The molecular formula is C18H26N2OS. The highest BCUT2D eigenvalue weighted by atomic mass is 32.2. The molecule has 2 saturated heterocycles. The molecule has 0 radical (unpaired) electrons. The third-order valence-corrected chi connectivity index (χ3v) is 5.69. The van der Waals surface area contributed by atoms with E-state index >= 15 is 0 Å². The van der Waals surface area contributed by atoms with E-state index in [0.29, 0.717) is 12.1 Å². The first-order chi connectivity index (χ1) is 10.7. The van der Waals surface area contributed by atoms with Crippen LogP contribution in [0.5, 0.6) is 0 Å². The summed E-state index contributed by atoms with van der Waals surface area (Å²) in [5.41, 5.74) is 2.10. The first kappa shape index (κ1) is 15.9. The molecule has 2 aliphatic rings. The van der Waals surface area contributed by atoms with Gasteiger partial charge in [-0.05, 0) is 63.2 Å². The van der Waals surface area contributed by atoms with E-state index in [1.807, 2.05) is 12.1 Å². The summed E-state index contributed by atoms with van der Waals surface area (Å²) in [7, 11) is 2.21. The number of carbonyl (C=O) groups is 1. The zero-order valence-corrected chi connectivity index (χ0v) is 14.4. The lowest BCUT2D eigenvalue weighted by molar-refractivity contribution is 0.0664. The maximum absolute atomic E-state index is 13.0. The Hall–Kier alpha value is -1.00. The van der Waals surface area contributed by atoms with Gasteiger partial charge in [-0.3, -0.25) is 4.79 Å². The molecule has 1 aromatic carbocycles. The topological polar surface area (TPSA) is 23.6 Å². The number of amides is 1. The molecule has 0 saturated carbocycles. The Morgan fingerprint density at radius 3 is 2.73 bits per heavy atom. The van der Waals surface area contributed by atoms with E-state index in [1.54, 1.807) is 11.8 Å². The van der Waals surface area contributed by atoms with Crippen LogP contribution in [0, 0.1) is 0 Å². The lowest BCUT2D eigenvalue weighted by Crippen LogP contribution is -2.47. The van der Waals surface area contributed by atoms with Gasteiger partial charge >= 0.3 is 0 Å². The molecule has 120 valence electrons. The van der Waals surface area contributed by atoms with E-state index in [9.17, 15) is 4.79 Å². The molecule has 0 aliphatic carbocycles. The van der Waals surface area contributed by atoms with Crippen LogP contribution in [0.4, 0.5) is 0 Å². The molecule has 1 aromatic rings. The maximum atomic E-state index is 13.0. The van der Waals surface area contributed by atoms with Crippen LogP contribution in [0.15, 0.2) is 24.3 Å². The van der Waals surface area contributed by atoms with Crippen LogP contribution in [0.3, 0.4) is 0 Å². The van der Waals surface area contributed by atoms with Gasteiger partial charge in [0.1, 0.15) is 0 Å². The minimum Gasteiger partial charge on any atom is -0.334 e. The van der Waals surface area contributed by atoms with Gasteiger partial charge in [-0.1, -0.05) is 12.1 Å². The molecule has 3 nitrogen and oxygen atoms in total. The summed E-state index contributed by atoms with van der Waals surface area (Å²) in [6, 6.07) is 9.14. The quantitative estimate of drug-likeness (QED) is 0.851. The van der Waals surface area contributed by atoms with Crippen molar-refractivity contribution in [1.82, 2.24) is 9.80 Å². The van der Waals surface area contributed by atoms with E-state index < -0.39 is 0 Å². The molecule has 2 aliphatic heterocycles. The van der Waals surface area contributed by atoms with Crippen LogP contribution in [-0.2, 0) is 5.75 Å². The molecule has 2 fully saturated rings. The Bertz CT molecular complexity index is 534. The van der Waals surface area contributed by atoms with Crippen molar-refractivity contribution in [3.8, 4) is 0 Å². The summed E-state index contributed by atoms with van der Waals surface area (Å²) < 4.78 is 0. The predicted octanol–water partition coefficient (Wildman–Crippen LogP) is 3.25. The van der Waals surface area contributed by atoms with Gasteiger partial charge in [0.15, 0.2) is 0 Å². The van der Waals surface area contributed by atoms with Gasteiger partial charge < -0.3 is 9.80 Å². The van der Waals surface area contributed by atoms with Crippen LogP contribution in [0.1, 0.15) is 41.6 Å². The molecule has 0 N–H and O–H groups in total. The highest BCUT2D eigenvalue weighted by molar-refractivity contribution is 7.97. The molecule has 4 heteroatoms. The average Bonchev–Trinajstić information content (AvgIpc) is 3.15. The molecule has 0 bridgehead atoms. The Balaban J connectivity index is 1.77. The summed E-state index contributed by atoms with van der Waals surface area (Å²) in [4.78, 5) is 17.6. The summed E-state index contributed by atoms with van der Waals surface area (Å²) in [6.07, 6.45) is 6.90. The summed E-state index contributed by atoms with van der Waals surface area (Å²) in [6.45, 7) is 2.09. The standard InChI is InChI=1S/C18H26N2OS/c1-19-10-4-8-16(19)17-9-5-11-20(17)18(21)15-7-3-6-14(12-15)13-22-2/h3,6-7,12,16-17H,4-5,8-11,13H2,1-2H3/t16-,17-/m1/s1. The first-order valence-corrected chi connectivity index (χ1v) is 9.69. The van der Waals surface area contributed by atoms with Crippen LogP contribution >= 0.6 is 11.8 Å². The van der Waals surface area contributed by atoms with Crippen LogP contribution in [0.2, 0.25) is 0 Å². The third-order valence-electron chi connectivity index (χ3n) is 5.07. The molecule has 3 rings (SSSR count). The number of likely N-dealkylation sites (tertiary alicyclic amines) is 2. The van der Waals surface area contributed by atoms with E-state index in [0.717, 1.165) is 30.7 Å². The highest BCUT2D eigenvalue weighted by Crippen LogP contribution is 2.30. The van der Waals surface area contributed by atoms with Gasteiger partial charge in [-0.25, -0.2) is 0 Å². The fourth-order valence-corrected chi connectivity index (χ4v) is 4.51. The van der Waals surface area contributed by atoms with Crippen LogP contribution in [-0.4, -0.2) is 54.2 Å². The second kappa shape index (κ2) is 7.05. The number of hydrogen-bond acceptors (Lipinski definition) is 3. The van der Waals surface area contributed by atoms with Gasteiger partial charge in [-0.2, -0.15) is 11.8 Å². The predicted molar refractivity (Wildman–Crippen MR) is 93.4 cm³/mol. The SMILES string of the molecule is CSCc1cccc(C(=O)N2CCC[C@@H]2[C@H]2CCCN2C)c1. The van der Waals surface area contributed by atoms with Crippen molar-refractivity contribution in [2.45, 2.75) is 43.5 Å². The Morgan fingerprint density at radius 2 is 2.00 bits per heavy atom. The fourth-order valence-electron chi connectivity index (χ4n) is 3.99. The third kappa shape index (κ3) is 3.18. The molecule has 0 spiro atoms. The second-order valence-corrected chi connectivity index (χ2v) is 7.40. The number of thioether (sulfide) groups is 1. The number of rotatable bonds is 4.